The molecule has 0 saturated heterocycles. The van der Waals surface area contributed by atoms with E-state index in [1.54, 1.807) is 0 Å². The first kappa shape index (κ1) is 12.8. The number of anilines is 2. The smallest absolute Gasteiger partial charge is 0.156 e. The summed E-state index contributed by atoms with van der Waals surface area (Å²) < 4.78 is 0. The highest BCUT2D eigenvalue weighted by molar-refractivity contribution is 6.30. The minimum absolute atomic E-state index is 0.460. The number of rotatable bonds is 3. The minimum atomic E-state index is 0.460. The van der Waals surface area contributed by atoms with Gasteiger partial charge in [0.1, 0.15) is 0 Å². The average molecular weight is 262 g/mol. The minimum Gasteiger partial charge on any atom is -0.338 e. The molecular formula is C14H16ClN3. The molecule has 0 radical (unpaired) electrons. The monoisotopic (exact) mass is 261 g/mol. The van der Waals surface area contributed by atoms with Crippen molar-refractivity contribution >= 4 is 23.1 Å². The third-order valence-electron chi connectivity index (χ3n) is 3.12. The molecule has 0 saturated carbocycles. The topological polar surface area (TPSA) is 37.8 Å². The Hall–Kier alpha value is -1.61. The zero-order valence-electron chi connectivity index (χ0n) is 10.8. The van der Waals surface area contributed by atoms with Gasteiger partial charge in [-0.15, -0.1) is 10.2 Å². The first-order valence-corrected chi connectivity index (χ1v) is 6.35. The number of hydrogen-bond acceptors (Lipinski definition) is 3. The number of halogens is 1. The quantitative estimate of drug-likeness (QED) is 0.906. The van der Waals surface area contributed by atoms with Gasteiger partial charge in [-0.1, -0.05) is 36.7 Å². The Balaban J connectivity index is 2.37. The zero-order chi connectivity index (χ0) is 13.1. The number of nitrogens with zero attached hydrogens (tertiary/aromatic N) is 2. The van der Waals surface area contributed by atoms with Gasteiger partial charge in [0.15, 0.2) is 11.0 Å². The first-order chi connectivity index (χ1) is 8.63. The van der Waals surface area contributed by atoms with E-state index in [-0.39, 0.29) is 0 Å². The van der Waals surface area contributed by atoms with E-state index in [9.17, 15) is 0 Å². The van der Waals surface area contributed by atoms with Crippen LogP contribution in [-0.4, -0.2) is 10.2 Å². The van der Waals surface area contributed by atoms with Crippen LogP contribution in [0.25, 0.3) is 0 Å². The maximum atomic E-state index is 5.95. The third-order valence-corrected chi connectivity index (χ3v) is 3.48. The van der Waals surface area contributed by atoms with Gasteiger partial charge in [0.2, 0.25) is 0 Å². The lowest BCUT2D eigenvalue weighted by atomic mass is 10.1. The highest BCUT2D eigenvalue weighted by Crippen LogP contribution is 2.25. The number of hydrogen-bond donors (Lipinski definition) is 1. The van der Waals surface area contributed by atoms with E-state index in [4.69, 9.17) is 11.6 Å². The molecule has 0 aliphatic heterocycles. The molecule has 18 heavy (non-hydrogen) atoms. The fraction of sp³-hybridized carbons (Fsp3) is 0.286. The predicted octanol–water partition coefficient (Wildman–Crippen LogP) is 4.05. The molecule has 4 heteroatoms. The molecule has 1 N–H and O–H groups in total. The summed E-state index contributed by atoms with van der Waals surface area (Å²) in [5.74, 6) is 0.762. The summed E-state index contributed by atoms with van der Waals surface area (Å²) in [6.07, 6.45) is 0.974. The van der Waals surface area contributed by atoms with E-state index in [0.717, 1.165) is 29.1 Å². The summed E-state index contributed by atoms with van der Waals surface area (Å²) in [4.78, 5) is 0. The first-order valence-electron chi connectivity index (χ1n) is 5.97. The summed E-state index contributed by atoms with van der Waals surface area (Å²) in [5, 5.41) is 11.8. The molecule has 1 heterocycles. The van der Waals surface area contributed by atoms with Crippen molar-refractivity contribution in [1.29, 1.82) is 0 Å². The molecule has 0 unspecified atom stereocenters. The molecule has 2 aromatic rings. The van der Waals surface area contributed by atoms with E-state index >= 15 is 0 Å². The van der Waals surface area contributed by atoms with Crippen LogP contribution in [0.15, 0.2) is 24.3 Å². The van der Waals surface area contributed by atoms with Crippen molar-refractivity contribution in [3.63, 3.8) is 0 Å². The van der Waals surface area contributed by atoms with Crippen molar-refractivity contribution in [3.8, 4) is 0 Å². The third kappa shape index (κ3) is 2.46. The second-order valence-electron chi connectivity index (χ2n) is 4.23. The van der Waals surface area contributed by atoms with Gasteiger partial charge >= 0.3 is 0 Å². The van der Waals surface area contributed by atoms with Crippen LogP contribution in [0.1, 0.15) is 23.6 Å². The SMILES string of the molecule is CCc1ccccc1Nc1nnc(Cl)c(C)c1C. The molecule has 0 fully saturated rings. The molecule has 0 aliphatic rings. The Morgan fingerprint density at radius 2 is 1.83 bits per heavy atom. The second-order valence-corrected chi connectivity index (χ2v) is 4.58. The van der Waals surface area contributed by atoms with Crippen LogP contribution in [0, 0.1) is 13.8 Å². The van der Waals surface area contributed by atoms with Crippen LogP contribution >= 0.6 is 11.6 Å². The zero-order valence-corrected chi connectivity index (χ0v) is 11.5. The summed E-state index contributed by atoms with van der Waals surface area (Å²) in [6.45, 7) is 6.07. The van der Waals surface area contributed by atoms with Crippen molar-refractivity contribution < 1.29 is 0 Å². The highest BCUT2D eigenvalue weighted by atomic mass is 35.5. The molecule has 1 aromatic heterocycles. The van der Waals surface area contributed by atoms with Gasteiger partial charge in [-0.05, 0) is 43.0 Å². The van der Waals surface area contributed by atoms with Gasteiger partial charge in [0, 0.05) is 5.69 Å². The van der Waals surface area contributed by atoms with E-state index in [1.165, 1.54) is 5.56 Å². The molecule has 0 aliphatic carbocycles. The largest absolute Gasteiger partial charge is 0.338 e. The van der Waals surface area contributed by atoms with Gasteiger partial charge in [0.25, 0.3) is 0 Å². The fourth-order valence-electron chi connectivity index (χ4n) is 1.77. The van der Waals surface area contributed by atoms with Crippen molar-refractivity contribution in [2.75, 3.05) is 5.32 Å². The van der Waals surface area contributed by atoms with Crippen LogP contribution in [0.2, 0.25) is 5.15 Å². The van der Waals surface area contributed by atoms with Gasteiger partial charge < -0.3 is 5.32 Å². The standard InChI is InChI=1S/C14H16ClN3/c1-4-11-7-5-6-8-12(11)16-14-10(3)9(2)13(15)17-18-14/h5-8H,4H2,1-3H3,(H,16,18). The molecule has 94 valence electrons. The molecule has 2 rings (SSSR count). The van der Waals surface area contributed by atoms with E-state index in [1.807, 2.05) is 32.0 Å². The lowest BCUT2D eigenvalue weighted by molar-refractivity contribution is 0.999. The van der Waals surface area contributed by atoms with Crippen LogP contribution in [0.5, 0.6) is 0 Å². The van der Waals surface area contributed by atoms with Gasteiger partial charge in [-0.2, -0.15) is 0 Å². The lowest BCUT2D eigenvalue weighted by Gasteiger charge is -2.13. The molecular weight excluding hydrogens is 246 g/mol. The van der Waals surface area contributed by atoms with E-state index in [0.29, 0.717) is 5.15 Å². The molecule has 0 atom stereocenters. The van der Waals surface area contributed by atoms with Crippen molar-refractivity contribution in [1.82, 2.24) is 10.2 Å². The highest BCUT2D eigenvalue weighted by Gasteiger charge is 2.09. The van der Waals surface area contributed by atoms with Gasteiger partial charge in [-0.25, -0.2) is 0 Å². The average Bonchev–Trinajstić information content (AvgIpc) is 2.40. The Bertz CT molecular complexity index is 567. The summed E-state index contributed by atoms with van der Waals surface area (Å²) in [5.41, 5.74) is 4.31. The van der Waals surface area contributed by atoms with Gasteiger partial charge in [-0.3, -0.25) is 0 Å². The number of aryl methyl sites for hydroxylation is 1. The Kier molecular flexibility index (Phi) is 3.82. The maximum Gasteiger partial charge on any atom is 0.156 e. The number of aromatic nitrogens is 2. The molecule has 0 spiro atoms. The maximum absolute atomic E-state index is 5.95. The fourth-order valence-corrected chi connectivity index (χ4v) is 1.95. The Morgan fingerprint density at radius 1 is 1.11 bits per heavy atom. The number of para-hydroxylation sites is 1. The second kappa shape index (κ2) is 5.36. The van der Waals surface area contributed by atoms with Gasteiger partial charge in [0.05, 0.1) is 0 Å². The Morgan fingerprint density at radius 3 is 2.56 bits per heavy atom. The van der Waals surface area contributed by atoms with E-state index < -0.39 is 0 Å². The molecule has 1 aromatic carbocycles. The van der Waals surface area contributed by atoms with Crippen molar-refractivity contribution in [2.24, 2.45) is 0 Å². The summed E-state index contributed by atoms with van der Waals surface area (Å²) >= 11 is 5.95. The van der Waals surface area contributed by atoms with Crippen LogP contribution in [0.3, 0.4) is 0 Å². The summed E-state index contributed by atoms with van der Waals surface area (Å²) in [6, 6.07) is 8.19. The van der Waals surface area contributed by atoms with Crippen LogP contribution < -0.4 is 5.32 Å². The van der Waals surface area contributed by atoms with E-state index in [2.05, 4.69) is 28.5 Å². The lowest BCUT2D eigenvalue weighted by Crippen LogP contribution is -2.03. The number of nitrogens with one attached hydrogen (secondary N) is 1. The Labute approximate surface area is 112 Å². The molecule has 0 bridgehead atoms. The van der Waals surface area contributed by atoms with Crippen molar-refractivity contribution in [3.05, 3.63) is 46.1 Å². The molecule has 3 nitrogen and oxygen atoms in total. The van der Waals surface area contributed by atoms with Crippen molar-refractivity contribution in [2.45, 2.75) is 27.2 Å². The normalized spacial score (nSPS) is 10.4. The van der Waals surface area contributed by atoms with Crippen LogP contribution in [0.4, 0.5) is 11.5 Å². The van der Waals surface area contributed by atoms with Crippen LogP contribution in [-0.2, 0) is 6.42 Å². The molecule has 0 amide bonds. The number of benzene rings is 1. The summed E-state index contributed by atoms with van der Waals surface area (Å²) in [7, 11) is 0. The predicted molar refractivity (Wildman–Crippen MR) is 75.6 cm³/mol.